The first kappa shape index (κ1) is 12.5. The Balaban J connectivity index is 2.86. The molecule has 0 aliphatic rings. The predicted octanol–water partition coefficient (Wildman–Crippen LogP) is 1.93. The summed E-state index contributed by atoms with van der Waals surface area (Å²) in [4.78, 5) is 11.0. The van der Waals surface area contributed by atoms with Crippen LogP contribution in [0.2, 0.25) is 0 Å². The van der Waals surface area contributed by atoms with Crippen LogP contribution in [0.5, 0.6) is 0 Å². The molecule has 0 aromatic heterocycles. The summed E-state index contributed by atoms with van der Waals surface area (Å²) in [6.07, 6.45) is 2.65. The Morgan fingerprint density at radius 2 is 2.19 bits per heavy atom. The number of aliphatic hydroxyl groups is 1. The first-order valence-corrected chi connectivity index (χ1v) is 5.13. The summed E-state index contributed by atoms with van der Waals surface area (Å²) in [5.41, 5.74) is 2.75. The van der Waals surface area contributed by atoms with Crippen molar-refractivity contribution < 1.29 is 14.6 Å². The molecular weight excluding hydrogens is 204 g/mol. The molecule has 0 amide bonds. The maximum Gasteiger partial charge on any atom is 0.305 e. The zero-order valence-electron chi connectivity index (χ0n) is 9.40. The molecule has 3 heteroatoms. The number of carbonyl (C=O) groups excluding carboxylic acids is 1. The van der Waals surface area contributed by atoms with E-state index in [0.29, 0.717) is 12.8 Å². The van der Waals surface area contributed by atoms with Gasteiger partial charge in [-0.2, -0.15) is 0 Å². The van der Waals surface area contributed by atoms with Crippen molar-refractivity contribution in [3.63, 3.8) is 0 Å². The van der Waals surface area contributed by atoms with Gasteiger partial charge >= 0.3 is 5.97 Å². The molecule has 0 fully saturated rings. The summed E-state index contributed by atoms with van der Waals surface area (Å²) in [5, 5.41) is 9.16. The molecule has 0 spiro atoms. The zero-order chi connectivity index (χ0) is 12.0. The Morgan fingerprint density at radius 3 is 2.75 bits per heavy atom. The van der Waals surface area contributed by atoms with Crippen molar-refractivity contribution in [2.45, 2.75) is 19.4 Å². The quantitative estimate of drug-likeness (QED) is 0.771. The lowest BCUT2D eigenvalue weighted by Gasteiger charge is -2.09. The first-order chi connectivity index (χ1) is 7.72. The fourth-order valence-corrected chi connectivity index (χ4v) is 1.62. The van der Waals surface area contributed by atoms with Gasteiger partial charge in [-0.3, -0.25) is 4.79 Å². The molecule has 16 heavy (non-hydrogen) atoms. The van der Waals surface area contributed by atoms with Gasteiger partial charge in [0.2, 0.25) is 0 Å². The van der Waals surface area contributed by atoms with Crippen molar-refractivity contribution in [3.05, 3.63) is 41.5 Å². The Bertz CT molecular complexity index is 383. The summed E-state index contributed by atoms with van der Waals surface area (Å²) >= 11 is 0. The van der Waals surface area contributed by atoms with E-state index in [2.05, 4.69) is 11.3 Å². The van der Waals surface area contributed by atoms with Crippen LogP contribution < -0.4 is 0 Å². The van der Waals surface area contributed by atoms with Crippen LogP contribution in [0.4, 0.5) is 0 Å². The van der Waals surface area contributed by atoms with Gasteiger partial charge in [0.25, 0.3) is 0 Å². The smallest absolute Gasteiger partial charge is 0.305 e. The lowest BCUT2D eigenvalue weighted by Crippen LogP contribution is -2.03. The van der Waals surface area contributed by atoms with E-state index >= 15 is 0 Å². The molecule has 0 bridgehead atoms. The molecule has 0 unspecified atom stereocenters. The second-order valence-corrected chi connectivity index (χ2v) is 3.43. The third-order valence-electron chi connectivity index (χ3n) is 2.49. The number of aryl methyl sites for hydroxylation is 1. The summed E-state index contributed by atoms with van der Waals surface area (Å²) in [7, 11) is 1.38. The number of rotatable bonds is 5. The van der Waals surface area contributed by atoms with Gasteiger partial charge in [0.15, 0.2) is 0 Å². The van der Waals surface area contributed by atoms with Gasteiger partial charge in [-0.15, -0.1) is 0 Å². The Kier molecular flexibility index (Phi) is 4.73. The normalized spacial score (nSPS) is 9.88. The molecule has 3 nitrogen and oxygen atoms in total. The van der Waals surface area contributed by atoms with E-state index in [4.69, 9.17) is 5.11 Å². The highest BCUT2D eigenvalue weighted by atomic mass is 16.5. The van der Waals surface area contributed by atoms with E-state index in [9.17, 15) is 4.79 Å². The molecule has 0 aliphatic heterocycles. The second kappa shape index (κ2) is 6.08. The number of hydrogen-bond acceptors (Lipinski definition) is 3. The van der Waals surface area contributed by atoms with Gasteiger partial charge in [0.05, 0.1) is 13.7 Å². The van der Waals surface area contributed by atoms with Crippen LogP contribution >= 0.6 is 0 Å². The fourth-order valence-electron chi connectivity index (χ4n) is 1.62. The third-order valence-corrected chi connectivity index (χ3v) is 2.49. The molecule has 0 aliphatic carbocycles. The van der Waals surface area contributed by atoms with Crippen LogP contribution in [0.15, 0.2) is 24.8 Å². The van der Waals surface area contributed by atoms with Crippen LogP contribution in [0.25, 0.3) is 6.08 Å². The number of methoxy groups -OCH3 is 1. The molecule has 86 valence electrons. The molecule has 0 saturated heterocycles. The Morgan fingerprint density at radius 1 is 1.50 bits per heavy atom. The van der Waals surface area contributed by atoms with Crippen LogP contribution in [-0.4, -0.2) is 18.2 Å². The Labute approximate surface area is 95.4 Å². The highest BCUT2D eigenvalue weighted by Gasteiger charge is 2.07. The summed E-state index contributed by atoms with van der Waals surface area (Å²) in [6.45, 7) is 3.70. The molecule has 0 heterocycles. The van der Waals surface area contributed by atoms with E-state index in [1.165, 1.54) is 7.11 Å². The molecule has 1 aromatic rings. The maximum atomic E-state index is 11.0. The van der Waals surface area contributed by atoms with Crippen molar-refractivity contribution in [2.24, 2.45) is 0 Å². The zero-order valence-corrected chi connectivity index (χ0v) is 9.40. The number of benzene rings is 1. The van der Waals surface area contributed by atoms with Gasteiger partial charge in [-0.25, -0.2) is 0 Å². The number of ether oxygens (including phenoxy) is 1. The van der Waals surface area contributed by atoms with Crippen LogP contribution in [0.3, 0.4) is 0 Å². The van der Waals surface area contributed by atoms with E-state index in [1.54, 1.807) is 6.08 Å². The largest absolute Gasteiger partial charge is 0.469 e. The average molecular weight is 220 g/mol. The van der Waals surface area contributed by atoms with Gasteiger partial charge in [0.1, 0.15) is 0 Å². The van der Waals surface area contributed by atoms with Crippen LogP contribution in [-0.2, 0) is 22.6 Å². The highest BCUT2D eigenvalue weighted by Crippen LogP contribution is 2.18. The first-order valence-electron chi connectivity index (χ1n) is 5.13. The van der Waals surface area contributed by atoms with Crippen LogP contribution in [0.1, 0.15) is 23.1 Å². The van der Waals surface area contributed by atoms with Crippen molar-refractivity contribution in [2.75, 3.05) is 7.11 Å². The second-order valence-electron chi connectivity index (χ2n) is 3.43. The van der Waals surface area contributed by atoms with Crippen LogP contribution in [0, 0.1) is 0 Å². The lowest BCUT2D eigenvalue weighted by atomic mass is 9.98. The van der Waals surface area contributed by atoms with Crippen molar-refractivity contribution in [1.29, 1.82) is 0 Å². The van der Waals surface area contributed by atoms with E-state index < -0.39 is 0 Å². The molecule has 1 N–H and O–H groups in total. The highest BCUT2D eigenvalue weighted by molar-refractivity contribution is 5.70. The van der Waals surface area contributed by atoms with Gasteiger partial charge in [-0.1, -0.05) is 30.9 Å². The minimum Gasteiger partial charge on any atom is -0.469 e. The van der Waals surface area contributed by atoms with Crippen molar-refractivity contribution in [3.8, 4) is 0 Å². The minimum atomic E-state index is -0.232. The maximum absolute atomic E-state index is 11.0. The molecule has 1 aromatic carbocycles. The molecule has 0 radical (unpaired) electrons. The number of carbonyl (C=O) groups is 1. The topological polar surface area (TPSA) is 46.5 Å². The van der Waals surface area contributed by atoms with Crippen molar-refractivity contribution >= 4 is 12.0 Å². The predicted molar refractivity (Wildman–Crippen MR) is 62.8 cm³/mol. The van der Waals surface area contributed by atoms with Gasteiger partial charge in [-0.05, 0) is 23.1 Å². The molecule has 0 saturated carbocycles. The van der Waals surface area contributed by atoms with E-state index in [1.807, 2.05) is 18.2 Å². The number of esters is 1. The van der Waals surface area contributed by atoms with Gasteiger partial charge < -0.3 is 9.84 Å². The third kappa shape index (κ3) is 2.94. The summed E-state index contributed by atoms with van der Waals surface area (Å²) < 4.78 is 4.59. The van der Waals surface area contributed by atoms with Crippen molar-refractivity contribution in [1.82, 2.24) is 0 Å². The number of hydrogen-bond donors (Lipinski definition) is 1. The van der Waals surface area contributed by atoms with Gasteiger partial charge in [0, 0.05) is 6.42 Å². The monoisotopic (exact) mass is 220 g/mol. The fraction of sp³-hybridized carbons (Fsp3) is 0.308. The van der Waals surface area contributed by atoms with E-state index in [-0.39, 0.29) is 12.6 Å². The minimum absolute atomic E-state index is 0.0204. The van der Waals surface area contributed by atoms with E-state index in [0.717, 1.165) is 16.7 Å². The lowest BCUT2D eigenvalue weighted by molar-refractivity contribution is -0.140. The summed E-state index contributed by atoms with van der Waals surface area (Å²) in [5.74, 6) is -0.232. The average Bonchev–Trinajstić information content (AvgIpc) is 2.34. The molecule has 1 rings (SSSR count). The molecular formula is C13H16O3. The Hall–Kier alpha value is -1.61. The summed E-state index contributed by atoms with van der Waals surface area (Å²) in [6, 6.07) is 5.64. The molecule has 0 atom stereocenters. The number of aliphatic hydroxyl groups excluding tert-OH is 1. The SMILES string of the molecule is C=Cc1c(CO)cccc1CCC(=O)OC. The standard InChI is InChI=1S/C13H16O3/c1-3-12-10(7-8-13(15)16-2)5-4-6-11(12)9-14/h3-6,14H,1,7-9H2,2H3.